The van der Waals surface area contributed by atoms with E-state index in [9.17, 15) is 19.5 Å². The van der Waals surface area contributed by atoms with Crippen LogP contribution < -0.4 is 24.4 Å². The zero-order valence-electron chi connectivity index (χ0n) is 17.2. The van der Waals surface area contributed by atoms with E-state index in [-0.39, 0.29) is 39.3 Å². The number of carbonyl (C=O) groups is 3. The van der Waals surface area contributed by atoms with Crippen molar-refractivity contribution >= 4 is 57.1 Å². The van der Waals surface area contributed by atoms with Crippen molar-refractivity contribution in [2.45, 2.75) is 6.92 Å². The van der Waals surface area contributed by atoms with Gasteiger partial charge in [-0.1, -0.05) is 11.6 Å². The van der Waals surface area contributed by atoms with Gasteiger partial charge in [0.1, 0.15) is 17.1 Å². The molecule has 0 spiro atoms. The van der Waals surface area contributed by atoms with Gasteiger partial charge in [0.05, 0.1) is 36.0 Å². The SMILES string of the molecule is CCOc1cc(/C=C2\C(=O)NC(=O)N(c3cc(OC)c(Cl)cc3OC)C2=O)cc(Br)c1O. The summed E-state index contributed by atoms with van der Waals surface area (Å²) in [4.78, 5) is 39.0. The number of ether oxygens (including phenoxy) is 3. The molecule has 2 N–H and O–H groups in total. The minimum Gasteiger partial charge on any atom is -0.503 e. The van der Waals surface area contributed by atoms with E-state index in [1.165, 1.54) is 44.6 Å². The first-order chi connectivity index (χ1) is 15.2. The largest absolute Gasteiger partial charge is 0.503 e. The van der Waals surface area contributed by atoms with Crippen LogP contribution in [-0.4, -0.2) is 43.8 Å². The Morgan fingerprint density at radius 1 is 1.09 bits per heavy atom. The predicted octanol–water partition coefficient (Wildman–Crippen LogP) is 3.89. The van der Waals surface area contributed by atoms with Gasteiger partial charge in [0.15, 0.2) is 11.5 Å². The molecule has 11 heteroatoms. The number of aromatic hydroxyl groups is 1. The normalized spacial score (nSPS) is 15.1. The van der Waals surface area contributed by atoms with Crippen molar-refractivity contribution < 1.29 is 33.7 Å². The van der Waals surface area contributed by atoms with Crippen LogP contribution in [0.5, 0.6) is 23.0 Å². The number of phenols is 1. The first-order valence-electron chi connectivity index (χ1n) is 9.20. The molecule has 2 aromatic carbocycles. The molecule has 1 heterocycles. The van der Waals surface area contributed by atoms with Crippen LogP contribution in [0.1, 0.15) is 12.5 Å². The lowest BCUT2D eigenvalue weighted by Crippen LogP contribution is -2.54. The van der Waals surface area contributed by atoms with E-state index >= 15 is 0 Å². The van der Waals surface area contributed by atoms with Gasteiger partial charge in [0, 0.05) is 12.1 Å². The van der Waals surface area contributed by atoms with Crippen molar-refractivity contribution in [2.75, 3.05) is 25.7 Å². The minimum absolute atomic E-state index is 0.0385. The molecule has 9 nitrogen and oxygen atoms in total. The summed E-state index contributed by atoms with van der Waals surface area (Å²) in [5, 5.41) is 12.4. The predicted molar refractivity (Wildman–Crippen MR) is 121 cm³/mol. The maximum absolute atomic E-state index is 13.2. The van der Waals surface area contributed by atoms with Gasteiger partial charge in [-0.15, -0.1) is 0 Å². The van der Waals surface area contributed by atoms with Gasteiger partial charge >= 0.3 is 6.03 Å². The summed E-state index contributed by atoms with van der Waals surface area (Å²) in [6.07, 6.45) is 1.28. The number of amides is 4. The highest BCUT2D eigenvalue weighted by Gasteiger charge is 2.38. The van der Waals surface area contributed by atoms with Gasteiger partial charge in [-0.3, -0.25) is 14.9 Å². The lowest BCUT2D eigenvalue weighted by atomic mass is 10.1. The summed E-state index contributed by atoms with van der Waals surface area (Å²) in [6, 6.07) is 4.75. The molecule has 1 aliphatic heterocycles. The van der Waals surface area contributed by atoms with Crippen molar-refractivity contribution in [3.63, 3.8) is 0 Å². The van der Waals surface area contributed by atoms with E-state index in [2.05, 4.69) is 21.2 Å². The van der Waals surface area contributed by atoms with Crippen molar-refractivity contribution in [1.29, 1.82) is 0 Å². The number of carbonyl (C=O) groups excluding carboxylic acids is 3. The zero-order valence-corrected chi connectivity index (χ0v) is 19.5. The van der Waals surface area contributed by atoms with Crippen molar-refractivity contribution in [3.8, 4) is 23.0 Å². The lowest BCUT2D eigenvalue weighted by Gasteiger charge is -2.28. The molecule has 0 unspecified atom stereocenters. The Morgan fingerprint density at radius 2 is 1.78 bits per heavy atom. The number of imide groups is 2. The van der Waals surface area contributed by atoms with E-state index in [0.29, 0.717) is 16.6 Å². The molecule has 0 aromatic heterocycles. The summed E-state index contributed by atoms with van der Waals surface area (Å²) < 4.78 is 16.1. The molecule has 3 rings (SSSR count). The van der Waals surface area contributed by atoms with Crippen LogP contribution in [0.3, 0.4) is 0 Å². The number of anilines is 1. The Kier molecular flexibility index (Phi) is 6.95. The molecule has 4 amide bonds. The van der Waals surface area contributed by atoms with Crippen LogP contribution in [-0.2, 0) is 9.59 Å². The monoisotopic (exact) mass is 524 g/mol. The van der Waals surface area contributed by atoms with Crippen LogP contribution in [0, 0.1) is 0 Å². The Labute approximate surface area is 196 Å². The molecule has 2 aromatic rings. The van der Waals surface area contributed by atoms with Crippen LogP contribution in [0.25, 0.3) is 6.08 Å². The minimum atomic E-state index is -0.957. The lowest BCUT2D eigenvalue weighted by molar-refractivity contribution is -0.122. The molecule has 1 fully saturated rings. The maximum atomic E-state index is 13.2. The number of barbiturate groups is 1. The van der Waals surface area contributed by atoms with Gasteiger partial charge in [-0.05, 0) is 46.6 Å². The molecule has 0 aliphatic carbocycles. The van der Waals surface area contributed by atoms with E-state index < -0.39 is 17.8 Å². The Morgan fingerprint density at radius 3 is 2.41 bits per heavy atom. The Balaban J connectivity index is 2.11. The van der Waals surface area contributed by atoms with Gasteiger partial charge in [-0.2, -0.15) is 0 Å². The topological polar surface area (TPSA) is 114 Å². The molecule has 1 saturated heterocycles. The Bertz CT molecular complexity index is 1150. The number of nitrogens with one attached hydrogen (secondary N) is 1. The fourth-order valence-electron chi connectivity index (χ4n) is 3.00. The number of hydrogen-bond donors (Lipinski definition) is 2. The smallest absolute Gasteiger partial charge is 0.336 e. The number of phenolic OH excluding ortho intramolecular Hbond substituents is 1. The molecule has 0 atom stereocenters. The number of methoxy groups -OCH3 is 2. The second-order valence-electron chi connectivity index (χ2n) is 6.40. The zero-order chi connectivity index (χ0) is 23.6. The molecule has 0 bridgehead atoms. The van der Waals surface area contributed by atoms with E-state index in [1.54, 1.807) is 6.92 Å². The van der Waals surface area contributed by atoms with Crippen molar-refractivity contribution in [2.24, 2.45) is 0 Å². The molecule has 1 aliphatic rings. The van der Waals surface area contributed by atoms with Gasteiger partial charge in [0.25, 0.3) is 11.8 Å². The molecule has 0 radical (unpaired) electrons. The highest BCUT2D eigenvalue weighted by Crippen LogP contribution is 2.40. The van der Waals surface area contributed by atoms with E-state index in [4.69, 9.17) is 25.8 Å². The van der Waals surface area contributed by atoms with Crippen molar-refractivity contribution in [3.05, 3.63) is 44.9 Å². The van der Waals surface area contributed by atoms with Gasteiger partial charge < -0.3 is 19.3 Å². The third kappa shape index (κ3) is 4.37. The average Bonchev–Trinajstić information content (AvgIpc) is 2.75. The third-order valence-corrected chi connectivity index (χ3v) is 5.36. The molecule has 32 heavy (non-hydrogen) atoms. The molecular weight excluding hydrogens is 508 g/mol. The van der Waals surface area contributed by atoms with Gasteiger partial charge in [0.2, 0.25) is 0 Å². The van der Waals surface area contributed by atoms with Gasteiger partial charge in [-0.25, -0.2) is 9.69 Å². The molecule has 168 valence electrons. The number of halogens is 2. The summed E-state index contributed by atoms with van der Waals surface area (Å²) in [7, 11) is 2.72. The second-order valence-corrected chi connectivity index (χ2v) is 7.66. The number of benzene rings is 2. The first-order valence-corrected chi connectivity index (χ1v) is 10.4. The van der Waals surface area contributed by atoms with E-state index in [1.807, 2.05) is 0 Å². The number of rotatable bonds is 6. The number of nitrogens with zero attached hydrogens (tertiary/aromatic N) is 1. The summed E-state index contributed by atoms with van der Waals surface area (Å²) >= 11 is 9.32. The number of hydrogen-bond acceptors (Lipinski definition) is 7. The maximum Gasteiger partial charge on any atom is 0.336 e. The third-order valence-electron chi connectivity index (χ3n) is 4.46. The Hall–Kier alpha value is -3.24. The van der Waals surface area contributed by atoms with Crippen LogP contribution in [0.4, 0.5) is 10.5 Å². The average molecular weight is 526 g/mol. The number of urea groups is 1. The van der Waals surface area contributed by atoms with Crippen LogP contribution in [0.15, 0.2) is 34.3 Å². The summed E-state index contributed by atoms with van der Waals surface area (Å²) in [5.41, 5.74) is 0.101. The van der Waals surface area contributed by atoms with Crippen molar-refractivity contribution in [1.82, 2.24) is 5.32 Å². The van der Waals surface area contributed by atoms with Crippen LogP contribution >= 0.6 is 27.5 Å². The highest BCUT2D eigenvalue weighted by molar-refractivity contribution is 9.10. The quantitative estimate of drug-likeness (QED) is 0.434. The molecular formula is C21H18BrClN2O7. The summed E-state index contributed by atoms with van der Waals surface area (Å²) in [6.45, 7) is 2.04. The first kappa shape index (κ1) is 23.4. The fourth-order valence-corrected chi connectivity index (χ4v) is 3.70. The standard InChI is InChI=1S/C21H18BrClN2O7/c1-4-32-17-7-10(6-12(22)18(17)26)5-11-19(27)24-21(29)25(20(11)28)14-9-15(30-2)13(23)8-16(14)31-3/h5-9,26H,4H2,1-3H3,(H,24,27,29)/b11-5+. The highest BCUT2D eigenvalue weighted by atomic mass is 79.9. The van der Waals surface area contributed by atoms with E-state index in [0.717, 1.165) is 4.90 Å². The fraction of sp³-hybridized carbons (Fsp3) is 0.190. The summed E-state index contributed by atoms with van der Waals surface area (Å²) in [5.74, 6) is -1.40. The molecule has 0 saturated carbocycles. The van der Waals surface area contributed by atoms with Crippen LogP contribution in [0.2, 0.25) is 5.02 Å². The second kappa shape index (κ2) is 9.49.